The maximum atomic E-state index is 6.66. The minimum absolute atomic E-state index is 0.565. The van der Waals surface area contributed by atoms with Crippen LogP contribution in [-0.2, 0) is 5.41 Å². The number of aromatic nitrogens is 4. The molecular weight excluding hydrogens is 697 g/mol. The van der Waals surface area contributed by atoms with Crippen LogP contribution in [0.4, 0.5) is 0 Å². The molecule has 1 aliphatic carbocycles. The quantitative estimate of drug-likeness (QED) is 0.181. The van der Waals surface area contributed by atoms with Gasteiger partial charge in [0.1, 0.15) is 11.5 Å². The van der Waals surface area contributed by atoms with Crippen molar-refractivity contribution in [3.8, 4) is 62.5 Å². The molecule has 1 aliphatic heterocycles. The van der Waals surface area contributed by atoms with Crippen molar-refractivity contribution in [3.05, 3.63) is 216 Å². The molecule has 0 saturated heterocycles. The molecule has 0 radical (unpaired) electrons. The number of ether oxygens (including phenoxy) is 1. The Morgan fingerprint density at radius 1 is 0.404 bits per heavy atom. The van der Waals surface area contributed by atoms with E-state index in [0.717, 1.165) is 66.7 Å². The molecule has 2 aliphatic rings. The van der Waals surface area contributed by atoms with Gasteiger partial charge in [0.2, 0.25) is 5.95 Å². The van der Waals surface area contributed by atoms with E-state index in [-0.39, 0.29) is 0 Å². The zero-order valence-corrected chi connectivity index (χ0v) is 30.7. The molecule has 8 aromatic carbocycles. The molecule has 3 heterocycles. The minimum Gasteiger partial charge on any atom is -0.457 e. The molecule has 0 fully saturated rings. The van der Waals surface area contributed by atoms with Gasteiger partial charge in [0.15, 0.2) is 11.6 Å². The zero-order valence-electron chi connectivity index (χ0n) is 30.7. The van der Waals surface area contributed by atoms with Crippen molar-refractivity contribution in [2.75, 3.05) is 0 Å². The normalized spacial score (nSPS) is 13.2. The van der Waals surface area contributed by atoms with Crippen molar-refractivity contribution in [1.29, 1.82) is 0 Å². The topological polar surface area (TPSA) is 52.8 Å². The lowest BCUT2D eigenvalue weighted by molar-refractivity contribution is 0.436. The predicted molar refractivity (Wildman–Crippen MR) is 228 cm³/mol. The van der Waals surface area contributed by atoms with Crippen LogP contribution in [0.15, 0.2) is 194 Å². The number of hydrogen-bond acceptors (Lipinski definition) is 4. The van der Waals surface area contributed by atoms with Crippen LogP contribution < -0.4 is 4.74 Å². The second-order valence-corrected chi connectivity index (χ2v) is 14.7. The third-order valence-electron chi connectivity index (χ3n) is 11.7. The fourth-order valence-electron chi connectivity index (χ4n) is 9.36. The Morgan fingerprint density at radius 2 is 0.947 bits per heavy atom. The Hall–Kier alpha value is -7.63. The number of rotatable bonds is 4. The average molecular weight is 729 g/mol. The number of para-hydroxylation sites is 2. The lowest BCUT2D eigenvalue weighted by atomic mass is 9.66. The molecule has 10 aromatic rings. The van der Waals surface area contributed by atoms with Crippen LogP contribution in [0.3, 0.4) is 0 Å². The highest BCUT2D eigenvalue weighted by Gasteiger charge is 2.51. The van der Waals surface area contributed by atoms with E-state index in [2.05, 4.69) is 162 Å². The van der Waals surface area contributed by atoms with Crippen molar-refractivity contribution in [1.82, 2.24) is 19.5 Å². The molecule has 0 unspecified atom stereocenters. The van der Waals surface area contributed by atoms with Gasteiger partial charge >= 0.3 is 0 Å². The van der Waals surface area contributed by atoms with Gasteiger partial charge in [0, 0.05) is 38.6 Å². The lowest BCUT2D eigenvalue weighted by Gasteiger charge is -2.39. The van der Waals surface area contributed by atoms with Gasteiger partial charge in [0.05, 0.1) is 16.4 Å². The van der Waals surface area contributed by atoms with Gasteiger partial charge in [-0.25, -0.2) is 4.98 Å². The van der Waals surface area contributed by atoms with E-state index in [9.17, 15) is 0 Å². The highest BCUT2D eigenvalue weighted by molar-refractivity contribution is 6.17. The van der Waals surface area contributed by atoms with Crippen LogP contribution in [0.5, 0.6) is 11.5 Å². The third kappa shape index (κ3) is 4.54. The monoisotopic (exact) mass is 728 g/mol. The van der Waals surface area contributed by atoms with Crippen molar-refractivity contribution >= 4 is 21.8 Å². The van der Waals surface area contributed by atoms with Gasteiger partial charge in [-0.1, -0.05) is 170 Å². The first kappa shape index (κ1) is 31.7. The summed E-state index contributed by atoms with van der Waals surface area (Å²) in [6.45, 7) is 0. The minimum atomic E-state index is -0.620. The summed E-state index contributed by atoms with van der Waals surface area (Å²) in [7, 11) is 0. The molecule has 2 aromatic heterocycles. The average Bonchev–Trinajstić information content (AvgIpc) is 3.78. The first-order valence-corrected chi connectivity index (χ1v) is 19.3. The molecule has 0 N–H and O–H groups in total. The van der Waals surface area contributed by atoms with Crippen LogP contribution >= 0.6 is 0 Å². The van der Waals surface area contributed by atoms with Crippen LogP contribution in [0.25, 0.3) is 72.8 Å². The van der Waals surface area contributed by atoms with Gasteiger partial charge in [0.25, 0.3) is 0 Å². The van der Waals surface area contributed by atoms with E-state index in [1.807, 2.05) is 36.4 Å². The molecule has 0 atom stereocenters. The maximum Gasteiger partial charge on any atom is 0.238 e. The van der Waals surface area contributed by atoms with Gasteiger partial charge in [-0.3, -0.25) is 4.57 Å². The molecule has 5 heteroatoms. The van der Waals surface area contributed by atoms with Crippen LogP contribution in [0.1, 0.15) is 22.3 Å². The highest BCUT2D eigenvalue weighted by atomic mass is 16.5. The Balaban J connectivity index is 1.25. The standard InChI is InChI=1S/C52H32N4O/c1-4-16-33(17-5-1)36-28-31-44-39(32-36)37-29-30-43-47(38-22-10-11-23-40(38)52(43)41-24-12-14-26-45(41)57-46-27-15-13-25-42(46)52)48(37)56(44)51-54-49(34-18-6-2-7-19-34)53-50(55-51)35-20-8-3-9-21-35/h1-32H. The van der Waals surface area contributed by atoms with Gasteiger partial charge in [-0.05, 0) is 52.1 Å². The SMILES string of the molecule is c1ccc(-c2ccc3c(c2)c2ccc4c(c2n3-c2nc(-c3ccccc3)nc(-c3ccccc3)n2)-c2ccccc2C42c3ccccc3Oc3ccccc32)cc1. The van der Waals surface area contributed by atoms with Gasteiger partial charge in [-0.15, -0.1) is 0 Å². The zero-order chi connectivity index (χ0) is 37.5. The fraction of sp³-hybridized carbons (Fsp3) is 0.0192. The van der Waals surface area contributed by atoms with Crippen molar-refractivity contribution in [3.63, 3.8) is 0 Å². The second-order valence-electron chi connectivity index (χ2n) is 14.7. The van der Waals surface area contributed by atoms with E-state index < -0.39 is 5.41 Å². The number of benzene rings is 8. The smallest absolute Gasteiger partial charge is 0.238 e. The van der Waals surface area contributed by atoms with Crippen LogP contribution in [-0.4, -0.2) is 19.5 Å². The number of hydrogen-bond donors (Lipinski definition) is 0. The third-order valence-corrected chi connectivity index (χ3v) is 11.7. The summed E-state index contributed by atoms with van der Waals surface area (Å²) < 4.78 is 8.94. The molecule has 57 heavy (non-hydrogen) atoms. The first-order valence-electron chi connectivity index (χ1n) is 19.3. The Labute approximate surface area is 329 Å². The van der Waals surface area contributed by atoms with E-state index in [4.69, 9.17) is 19.7 Å². The highest BCUT2D eigenvalue weighted by Crippen LogP contribution is 2.63. The number of fused-ring (bicyclic) bond motifs is 13. The maximum absolute atomic E-state index is 6.66. The fourth-order valence-corrected chi connectivity index (χ4v) is 9.36. The van der Waals surface area contributed by atoms with Crippen molar-refractivity contribution in [2.45, 2.75) is 5.41 Å². The molecule has 0 saturated carbocycles. The van der Waals surface area contributed by atoms with Crippen LogP contribution in [0, 0.1) is 0 Å². The summed E-state index contributed by atoms with van der Waals surface area (Å²) in [5.41, 5.74) is 12.6. The van der Waals surface area contributed by atoms with E-state index in [1.54, 1.807) is 0 Å². The predicted octanol–water partition coefficient (Wildman–Crippen LogP) is 12.4. The van der Waals surface area contributed by atoms with E-state index >= 15 is 0 Å². The van der Waals surface area contributed by atoms with Gasteiger partial charge < -0.3 is 4.74 Å². The van der Waals surface area contributed by atoms with Crippen LogP contribution in [0.2, 0.25) is 0 Å². The lowest BCUT2D eigenvalue weighted by Crippen LogP contribution is -2.32. The summed E-state index contributed by atoms with van der Waals surface area (Å²) in [5, 5.41) is 2.26. The summed E-state index contributed by atoms with van der Waals surface area (Å²) in [5.74, 6) is 3.53. The summed E-state index contributed by atoms with van der Waals surface area (Å²) >= 11 is 0. The molecule has 0 amide bonds. The molecule has 0 bridgehead atoms. The molecular formula is C52H32N4O. The molecule has 266 valence electrons. The first-order chi connectivity index (χ1) is 28.3. The molecule has 5 nitrogen and oxygen atoms in total. The van der Waals surface area contributed by atoms with Crippen molar-refractivity contribution in [2.24, 2.45) is 0 Å². The molecule has 1 spiro atoms. The van der Waals surface area contributed by atoms with Crippen molar-refractivity contribution < 1.29 is 4.74 Å². The van der Waals surface area contributed by atoms with E-state index in [0.29, 0.717) is 17.6 Å². The number of nitrogens with zero attached hydrogens (tertiary/aromatic N) is 4. The summed E-state index contributed by atoms with van der Waals surface area (Å²) in [6, 6.07) is 68.3. The second kappa shape index (κ2) is 12.2. The van der Waals surface area contributed by atoms with Gasteiger partial charge in [-0.2, -0.15) is 9.97 Å². The Kier molecular flexibility index (Phi) is 6.78. The Morgan fingerprint density at radius 3 is 1.58 bits per heavy atom. The Bertz CT molecular complexity index is 3110. The molecule has 12 rings (SSSR count). The van der Waals surface area contributed by atoms with E-state index in [1.165, 1.54) is 22.3 Å². The largest absolute Gasteiger partial charge is 0.457 e. The summed E-state index contributed by atoms with van der Waals surface area (Å²) in [4.78, 5) is 15.7. The summed E-state index contributed by atoms with van der Waals surface area (Å²) in [6.07, 6.45) is 0.